The molecule has 1 amide bonds. The largest absolute Gasteiger partial charge is 0.429 e. The zero-order valence-electron chi connectivity index (χ0n) is 5.00. The van der Waals surface area contributed by atoms with Crippen LogP contribution in [-0.2, 0) is 4.84 Å². The highest BCUT2D eigenvalue weighted by atomic mass is 16.8. The molecule has 1 fully saturated rings. The molecule has 0 spiro atoms. The lowest BCUT2D eigenvalue weighted by molar-refractivity contribution is -0.152. The van der Waals surface area contributed by atoms with E-state index in [1.165, 1.54) is 0 Å². The van der Waals surface area contributed by atoms with E-state index in [1.807, 2.05) is 0 Å². The third-order valence-corrected chi connectivity index (χ3v) is 1.03. The Kier molecular flexibility index (Phi) is 1.54. The summed E-state index contributed by atoms with van der Waals surface area (Å²) in [5.74, 6) is 0. The van der Waals surface area contributed by atoms with Gasteiger partial charge in [-0.2, -0.15) is 0 Å². The fraction of sp³-hybridized carbons (Fsp3) is 0.750. The molecule has 1 unspecified atom stereocenters. The first-order chi connectivity index (χ1) is 4.24. The number of aliphatic hydroxyl groups excluding tert-OH is 1. The van der Waals surface area contributed by atoms with E-state index in [9.17, 15) is 4.79 Å². The Balaban J connectivity index is 2.47. The lowest BCUT2D eigenvalue weighted by atomic mass is 10.7. The number of nitrogens with one attached hydrogen (secondary N) is 1. The molecule has 0 aliphatic carbocycles. The predicted molar refractivity (Wildman–Crippen MR) is 28.0 cm³/mol. The van der Waals surface area contributed by atoms with Gasteiger partial charge in [0.05, 0.1) is 0 Å². The quantitative estimate of drug-likeness (QED) is 0.492. The molecule has 0 aromatic heterocycles. The standard InChI is InChI=1S/C4H8N2O3/c1-2-6-3(7)5-4(8)9-6/h3,7H,2H2,1H3,(H,5,8). The van der Waals surface area contributed by atoms with Crippen LogP contribution in [0.1, 0.15) is 6.92 Å². The maximum atomic E-state index is 10.3. The SMILES string of the molecule is CCN1OC(=O)NC1O. The highest BCUT2D eigenvalue weighted by Crippen LogP contribution is 2.01. The molecule has 1 heterocycles. The van der Waals surface area contributed by atoms with Crippen LogP contribution in [0, 0.1) is 0 Å². The Bertz CT molecular complexity index is 127. The van der Waals surface area contributed by atoms with E-state index in [2.05, 4.69) is 10.2 Å². The molecular weight excluding hydrogens is 124 g/mol. The maximum absolute atomic E-state index is 10.3. The molecule has 2 N–H and O–H groups in total. The van der Waals surface area contributed by atoms with Crippen molar-refractivity contribution in [2.24, 2.45) is 0 Å². The number of hydroxylamine groups is 2. The van der Waals surface area contributed by atoms with Gasteiger partial charge < -0.3 is 9.94 Å². The van der Waals surface area contributed by atoms with Gasteiger partial charge >= 0.3 is 6.09 Å². The van der Waals surface area contributed by atoms with Gasteiger partial charge in [-0.3, -0.25) is 5.32 Å². The van der Waals surface area contributed by atoms with E-state index in [4.69, 9.17) is 5.11 Å². The molecule has 0 radical (unpaired) electrons. The van der Waals surface area contributed by atoms with Gasteiger partial charge in [0.1, 0.15) is 0 Å². The maximum Gasteiger partial charge on any atom is 0.429 e. The van der Waals surface area contributed by atoms with Crippen LogP contribution in [0.5, 0.6) is 0 Å². The second-order valence-corrected chi connectivity index (χ2v) is 1.63. The van der Waals surface area contributed by atoms with Gasteiger partial charge in [0.2, 0.25) is 6.35 Å². The minimum Gasteiger partial charge on any atom is -0.359 e. The van der Waals surface area contributed by atoms with Crippen LogP contribution < -0.4 is 5.32 Å². The van der Waals surface area contributed by atoms with E-state index < -0.39 is 12.4 Å². The summed E-state index contributed by atoms with van der Waals surface area (Å²) in [7, 11) is 0. The molecule has 1 aliphatic rings. The van der Waals surface area contributed by atoms with Crippen molar-refractivity contribution in [1.29, 1.82) is 0 Å². The predicted octanol–water partition coefficient (Wildman–Crippen LogP) is -0.761. The zero-order valence-corrected chi connectivity index (χ0v) is 5.00. The highest BCUT2D eigenvalue weighted by molar-refractivity contribution is 5.68. The van der Waals surface area contributed by atoms with Crippen molar-refractivity contribution in [1.82, 2.24) is 10.4 Å². The van der Waals surface area contributed by atoms with Crippen molar-refractivity contribution in [3.05, 3.63) is 0 Å². The average Bonchev–Trinajstić information content (AvgIpc) is 2.10. The highest BCUT2D eigenvalue weighted by Gasteiger charge is 2.27. The van der Waals surface area contributed by atoms with Gasteiger partial charge in [0, 0.05) is 6.54 Å². The van der Waals surface area contributed by atoms with Crippen LogP contribution >= 0.6 is 0 Å². The molecule has 5 nitrogen and oxygen atoms in total. The molecule has 52 valence electrons. The lowest BCUT2D eigenvalue weighted by Crippen LogP contribution is -2.34. The summed E-state index contributed by atoms with van der Waals surface area (Å²) >= 11 is 0. The van der Waals surface area contributed by atoms with Gasteiger partial charge in [-0.25, -0.2) is 4.79 Å². The monoisotopic (exact) mass is 132 g/mol. The van der Waals surface area contributed by atoms with E-state index >= 15 is 0 Å². The third kappa shape index (κ3) is 1.11. The van der Waals surface area contributed by atoms with Crippen molar-refractivity contribution < 1.29 is 14.7 Å². The zero-order chi connectivity index (χ0) is 6.85. The molecule has 0 saturated carbocycles. The van der Waals surface area contributed by atoms with E-state index in [1.54, 1.807) is 6.92 Å². The summed E-state index contributed by atoms with van der Waals surface area (Å²) in [5.41, 5.74) is 0. The summed E-state index contributed by atoms with van der Waals surface area (Å²) in [6.45, 7) is 2.24. The van der Waals surface area contributed by atoms with Gasteiger partial charge in [0.25, 0.3) is 0 Å². The fourth-order valence-corrected chi connectivity index (χ4v) is 0.598. The van der Waals surface area contributed by atoms with E-state index in [0.29, 0.717) is 6.54 Å². The Labute approximate surface area is 52.2 Å². The van der Waals surface area contributed by atoms with Crippen molar-refractivity contribution in [3.8, 4) is 0 Å². The van der Waals surface area contributed by atoms with Gasteiger partial charge in [-0.1, -0.05) is 5.06 Å². The van der Waals surface area contributed by atoms with Crippen molar-refractivity contribution >= 4 is 6.09 Å². The first-order valence-electron chi connectivity index (χ1n) is 2.67. The number of nitrogens with zero attached hydrogens (tertiary/aromatic N) is 1. The van der Waals surface area contributed by atoms with Crippen molar-refractivity contribution in [2.45, 2.75) is 13.3 Å². The summed E-state index contributed by atoms with van der Waals surface area (Å²) in [4.78, 5) is 14.7. The van der Waals surface area contributed by atoms with Crippen LogP contribution in [-0.4, -0.2) is 29.2 Å². The minimum atomic E-state index is -0.984. The van der Waals surface area contributed by atoms with Crippen LogP contribution in [0.3, 0.4) is 0 Å². The van der Waals surface area contributed by atoms with E-state index in [0.717, 1.165) is 5.06 Å². The third-order valence-electron chi connectivity index (χ3n) is 1.03. The molecule has 0 aromatic carbocycles. The Hall–Kier alpha value is -0.810. The number of hydrogen-bond donors (Lipinski definition) is 2. The van der Waals surface area contributed by atoms with E-state index in [-0.39, 0.29) is 0 Å². The molecule has 0 bridgehead atoms. The second kappa shape index (κ2) is 2.20. The van der Waals surface area contributed by atoms with Crippen LogP contribution in [0.2, 0.25) is 0 Å². The van der Waals surface area contributed by atoms with Crippen LogP contribution in [0.4, 0.5) is 4.79 Å². The first kappa shape index (κ1) is 6.31. The molecule has 0 aromatic rings. The molecule has 9 heavy (non-hydrogen) atoms. The van der Waals surface area contributed by atoms with Gasteiger partial charge in [0.15, 0.2) is 0 Å². The molecule has 1 saturated heterocycles. The summed E-state index contributed by atoms with van der Waals surface area (Å²) < 4.78 is 0. The fourth-order valence-electron chi connectivity index (χ4n) is 0.598. The topological polar surface area (TPSA) is 61.8 Å². The number of aliphatic hydroxyl groups is 1. The van der Waals surface area contributed by atoms with Crippen LogP contribution in [0.15, 0.2) is 0 Å². The van der Waals surface area contributed by atoms with Gasteiger partial charge in [-0.15, -0.1) is 0 Å². The molecule has 1 atom stereocenters. The number of hydrogen-bond acceptors (Lipinski definition) is 4. The molecule has 1 aliphatic heterocycles. The number of carbonyl (C=O) groups is 1. The Morgan fingerprint density at radius 1 is 2.00 bits per heavy atom. The smallest absolute Gasteiger partial charge is 0.359 e. The number of rotatable bonds is 1. The average molecular weight is 132 g/mol. The van der Waals surface area contributed by atoms with Crippen LogP contribution in [0.25, 0.3) is 0 Å². The lowest BCUT2D eigenvalue weighted by Gasteiger charge is -2.10. The van der Waals surface area contributed by atoms with Crippen molar-refractivity contribution in [2.75, 3.05) is 6.54 Å². The summed E-state index contributed by atoms with van der Waals surface area (Å²) in [6.07, 6.45) is -1.59. The van der Waals surface area contributed by atoms with Gasteiger partial charge in [-0.05, 0) is 6.92 Å². The summed E-state index contributed by atoms with van der Waals surface area (Å²) in [5, 5.41) is 12.1. The molecule has 1 rings (SSSR count). The van der Waals surface area contributed by atoms with Crippen molar-refractivity contribution in [3.63, 3.8) is 0 Å². The second-order valence-electron chi connectivity index (χ2n) is 1.63. The molecule has 5 heteroatoms. The number of carbonyl (C=O) groups excluding carboxylic acids is 1. The first-order valence-corrected chi connectivity index (χ1v) is 2.67. The normalized spacial score (nSPS) is 27.8. The Morgan fingerprint density at radius 2 is 2.67 bits per heavy atom. The number of amides is 1. The minimum absolute atomic E-state index is 0.472. The summed E-state index contributed by atoms with van der Waals surface area (Å²) in [6, 6.07) is 0. The molecular formula is C4H8N2O3. The Morgan fingerprint density at radius 3 is 2.89 bits per heavy atom.